The quantitative estimate of drug-likeness (QED) is 0.660. The molecule has 1 atom stereocenters. The van der Waals surface area contributed by atoms with Crippen LogP contribution in [0.25, 0.3) is 0 Å². The van der Waals surface area contributed by atoms with Crippen LogP contribution in [0.1, 0.15) is 12.0 Å². The summed E-state index contributed by atoms with van der Waals surface area (Å²) in [7, 11) is 0. The number of aliphatic carboxylic acids is 1. The smallest absolute Gasteiger partial charge is 0.304 e. The van der Waals surface area contributed by atoms with Crippen LogP contribution in [0.2, 0.25) is 5.02 Å². The fourth-order valence-electron chi connectivity index (χ4n) is 2.35. The Hall–Kier alpha value is -1.31. The largest absolute Gasteiger partial charge is 0.481 e. The van der Waals surface area contributed by atoms with E-state index in [-0.39, 0.29) is 18.2 Å². The summed E-state index contributed by atoms with van der Waals surface area (Å²) in [6, 6.07) is 4.49. The Bertz CT molecular complexity index is 555. The minimum Gasteiger partial charge on any atom is -0.481 e. The molecule has 2 rings (SSSR count). The number of hydrogen-bond donors (Lipinski definition) is 1. The lowest BCUT2D eigenvalue weighted by molar-refractivity contribution is -0.385. The minimum absolute atomic E-state index is 0.0187. The zero-order chi connectivity index (χ0) is 15.4. The van der Waals surface area contributed by atoms with Crippen LogP contribution in [0.3, 0.4) is 0 Å². The van der Waals surface area contributed by atoms with Crippen molar-refractivity contribution in [2.45, 2.75) is 19.0 Å². The first-order chi connectivity index (χ1) is 9.97. The molecule has 0 radical (unpaired) electrons. The third-order valence-electron chi connectivity index (χ3n) is 3.38. The summed E-state index contributed by atoms with van der Waals surface area (Å²) in [5.74, 6) is 0.781. The summed E-state index contributed by atoms with van der Waals surface area (Å²) in [4.78, 5) is 23.6. The van der Waals surface area contributed by atoms with Crippen molar-refractivity contribution in [2.24, 2.45) is 0 Å². The van der Waals surface area contributed by atoms with Gasteiger partial charge in [0.15, 0.2) is 0 Å². The number of rotatable bonds is 5. The molecule has 0 spiro atoms. The van der Waals surface area contributed by atoms with Crippen molar-refractivity contribution in [1.82, 2.24) is 4.90 Å². The van der Waals surface area contributed by atoms with E-state index in [1.807, 2.05) is 4.90 Å². The molecule has 0 aromatic heterocycles. The molecule has 1 aromatic carbocycles. The van der Waals surface area contributed by atoms with Crippen LogP contribution in [0.15, 0.2) is 18.2 Å². The van der Waals surface area contributed by atoms with Crippen molar-refractivity contribution in [2.75, 3.05) is 18.1 Å². The highest BCUT2D eigenvalue weighted by atomic mass is 35.5. The van der Waals surface area contributed by atoms with E-state index in [1.165, 1.54) is 6.07 Å². The molecule has 0 amide bonds. The molecule has 1 aliphatic heterocycles. The number of benzene rings is 1. The Morgan fingerprint density at radius 1 is 1.57 bits per heavy atom. The molecule has 0 bridgehead atoms. The molecule has 1 fully saturated rings. The van der Waals surface area contributed by atoms with E-state index in [4.69, 9.17) is 16.7 Å². The molecular formula is C13H15ClN2O4S. The maximum absolute atomic E-state index is 11.1. The van der Waals surface area contributed by atoms with E-state index in [9.17, 15) is 14.9 Å². The van der Waals surface area contributed by atoms with Crippen molar-refractivity contribution in [3.05, 3.63) is 38.9 Å². The van der Waals surface area contributed by atoms with E-state index in [1.54, 1.807) is 23.9 Å². The predicted octanol–water partition coefficient (Wildman–Crippen LogP) is 2.64. The number of hydrogen-bond acceptors (Lipinski definition) is 5. The van der Waals surface area contributed by atoms with Gasteiger partial charge in [0.2, 0.25) is 0 Å². The zero-order valence-corrected chi connectivity index (χ0v) is 12.8. The SMILES string of the molecule is O=C(O)CC1CSCCN1Cc1ccc(Cl)cc1[N+](=O)[O-]. The van der Waals surface area contributed by atoms with Crippen LogP contribution in [0, 0.1) is 10.1 Å². The van der Waals surface area contributed by atoms with E-state index in [2.05, 4.69) is 0 Å². The lowest BCUT2D eigenvalue weighted by atomic mass is 10.1. The highest BCUT2D eigenvalue weighted by Crippen LogP contribution is 2.27. The summed E-state index contributed by atoms with van der Waals surface area (Å²) in [5, 5.41) is 20.4. The second kappa shape index (κ2) is 7.11. The number of halogens is 1. The normalized spacial score (nSPS) is 19.4. The lowest BCUT2D eigenvalue weighted by Crippen LogP contribution is -2.43. The molecule has 21 heavy (non-hydrogen) atoms. The molecule has 1 aliphatic rings. The van der Waals surface area contributed by atoms with Gasteiger partial charge < -0.3 is 5.11 Å². The highest BCUT2D eigenvalue weighted by Gasteiger charge is 2.27. The molecule has 0 aliphatic carbocycles. The average molecular weight is 331 g/mol. The van der Waals surface area contributed by atoms with Crippen LogP contribution in [-0.2, 0) is 11.3 Å². The second-order valence-electron chi connectivity index (χ2n) is 4.83. The summed E-state index contributed by atoms with van der Waals surface area (Å²) in [5.41, 5.74) is 0.543. The van der Waals surface area contributed by atoms with Crippen molar-refractivity contribution in [3.63, 3.8) is 0 Å². The van der Waals surface area contributed by atoms with Gasteiger partial charge in [0.05, 0.1) is 11.3 Å². The Morgan fingerprint density at radius 2 is 2.33 bits per heavy atom. The summed E-state index contributed by atoms with van der Waals surface area (Å²) in [6.45, 7) is 1.09. The van der Waals surface area contributed by atoms with Crippen molar-refractivity contribution >= 4 is 35.0 Å². The number of nitro benzene ring substituents is 1. The molecule has 1 heterocycles. The van der Waals surface area contributed by atoms with Gasteiger partial charge in [0, 0.05) is 47.3 Å². The first kappa shape index (κ1) is 16.1. The minimum atomic E-state index is -0.849. The summed E-state index contributed by atoms with van der Waals surface area (Å²) in [6.07, 6.45) is 0.0500. The lowest BCUT2D eigenvalue weighted by Gasteiger charge is -2.34. The molecule has 8 heteroatoms. The molecule has 1 aromatic rings. The third kappa shape index (κ3) is 4.33. The molecule has 0 saturated carbocycles. The van der Waals surface area contributed by atoms with E-state index >= 15 is 0 Å². The number of nitrogens with zero attached hydrogens (tertiary/aromatic N) is 2. The van der Waals surface area contributed by atoms with E-state index in [0.717, 1.165) is 18.1 Å². The fraction of sp³-hybridized carbons (Fsp3) is 0.462. The maximum atomic E-state index is 11.1. The van der Waals surface area contributed by atoms with Crippen LogP contribution in [0.4, 0.5) is 5.69 Å². The number of carbonyl (C=O) groups is 1. The van der Waals surface area contributed by atoms with Gasteiger partial charge in [-0.1, -0.05) is 11.6 Å². The Kier molecular flexibility index (Phi) is 5.44. The molecule has 1 saturated heterocycles. The second-order valence-corrected chi connectivity index (χ2v) is 6.41. The van der Waals surface area contributed by atoms with Crippen LogP contribution in [0.5, 0.6) is 0 Å². The van der Waals surface area contributed by atoms with E-state index < -0.39 is 10.9 Å². The molecule has 6 nitrogen and oxygen atoms in total. The van der Waals surface area contributed by atoms with Crippen LogP contribution >= 0.6 is 23.4 Å². The Labute approximate surface area is 131 Å². The standard InChI is InChI=1S/C13H15ClN2O4S/c14-10-2-1-9(12(5-10)16(19)20)7-15-3-4-21-8-11(15)6-13(17)18/h1-2,5,11H,3-4,6-8H2,(H,17,18). The van der Waals surface area contributed by atoms with Gasteiger partial charge in [-0.15, -0.1) is 0 Å². The number of carboxylic acid groups (broad SMARTS) is 1. The Morgan fingerprint density at radius 3 is 3.00 bits per heavy atom. The highest BCUT2D eigenvalue weighted by molar-refractivity contribution is 7.99. The molecular weight excluding hydrogens is 316 g/mol. The van der Waals surface area contributed by atoms with Gasteiger partial charge in [-0.25, -0.2) is 0 Å². The fourth-order valence-corrected chi connectivity index (χ4v) is 3.64. The number of nitro groups is 1. The zero-order valence-electron chi connectivity index (χ0n) is 11.2. The van der Waals surface area contributed by atoms with Gasteiger partial charge in [-0.2, -0.15) is 11.8 Å². The van der Waals surface area contributed by atoms with Crippen LogP contribution in [-0.4, -0.2) is 45.0 Å². The average Bonchev–Trinajstić information content (AvgIpc) is 2.42. The van der Waals surface area contributed by atoms with Crippen molar-refractivity contribution in [3.8, 4) is 0 Å². The first-order valence-electron chi connectivity index (χ1n) is 6.44. The van der Waals surface area contributed by atoms with Gasteiger partial charge >= 0.3 is 5.97 Å². The van der Waals surface area contributed by atoms with Crippen molar-refractivity contribution < 1.29 is 14.8 Å². The monoisotopic (exact) mass is 330 g/mol. The number of carboxylic acids is 1. The third-order valence-corrected chi connectivity index (χ3v) is 4.70. The molecule has 114 valence electrons. The topological polar surface area (TPSA) is 83.7 Å². The van der Waals surface area contributed by atoms with Gasteiger partial charge in [-0.3, -0.25) is 19.8 Å². The van der Waals surface area contributed by atoms with Gasteiger partial charge in [-0.05, 0) is 12.1 Å². The van der Waals surface area contributed by atoms with Crippen molar-refractivity contribution in [1.29, 1.82) is 0 Å². The van der Waals surface area contributed by atoms with Crippen LogP contribution < -0.4 is 0 Å². The molecule has 1 unspecified atom stereocenters. The van der Waals surface area contributed by atoms with Gasteiger partial charge in [0.1, 0.15) is 0 Å². The summed E-state index contributed by atoms with van der Waals surface area (Å²) < 4.78 is 0. The summed E-state index contributed by atoms with van der Waals surface area (Å²) >= 11 is 7.51. The van der Waals surface area contributed by atoms with Gasteiger partial charge in [0.25, 0.3) is 5.69 Å². The first-order valence-corrected chi connectivity index (χ1v) is 7.97. The maximum Gasteiger partial charge on any atom is 0.304 e. The number of thioether (sulfide) groups is 1. The van der Waals surface area contributed by atoms with E-state index in [0.29, 0.717) is 17.1 Å². The predicted molar refractivity (Wildman–Crippen MR) is 81.9 cm³/mol. The Balaban J connectivity index is 2.19. The molecule has 1 N–H and O–H groups in total.